The smallest absolute Gasteiger partial charge is 0.352 e. The number of carbonyl (C=O) groups is 1. The zero-order valence-electron chi connectivity index (χ0n) is 7.08. The summed E-state index contributed by atoms with van der Waals surface area (Å²) in [4.78, 5) is 10.8. The Morgan fingerprint density at radius 3 is 2.86 bits per heavy atom. The van der Waals surface area contributed by atoms with E-state index in [2.05, 4.69) is 0 Å². The Bertz CT molecular complexity index is 470. The number of aromatic nitrogens is 1. The van der Waals surface area contributed by atoms with E-state index < -0.39 is 16.8 Å². The van der Waals surface area contributed by atoms with Crippen molar-refractivity contribution >= 4 is 23.0 Å². The Kier molecular flexibility index (Phi) is 2.09. The average Bonchev–Trinajstić information content (AvgIpc) is 2.48. The van der Waals surface area contributed by atoms with Crippen molar-refractivity contribution in [1.82, 2.24) is 4.57 Å². The lowest BCUT2D eigenvalue weighted by Crippen LogP contribution is -2.05. The largest absolute Gasteiger partial charge is 0.477 e. The molecule has 1 atom stereocenters. The minimum Gasteiger partial charge on any atom is -0.477 e. The Balaban J connectivity index is 2.64. The summed E-state index contributed by atoms with van der Waals surface area (Å²) in [7, 11) is -1.27. The van der Waals surface area contributed by atoms with Crippen LogP contribution in [0.5, 0.6) is 0 Å². The Morgan fingerprint density at radius 2 is 2.14 bits per heavy atom. The highest BCUT2D eigenvalue weighted by atomic mass is 32.2. The van der Waals surface area contributed by atoms with Gasteiger partial charge < -0.3 is 9.67 Å². The zero-order chi connectivity index (χ0) is 10.1. The third-order valence-electron chi connectivity index (χ3n) is 1.85. The molecule has 4 nitrogen and oxygen atoms in total. The van der Waals surface area contributed by atoms with Crippen LogP contribution < -0.4 is 0 Å². The maximum absolute atomic E-state index is 11.5. The number of aromatic carboxylic acids is 1. The molecule has 2 rings (SSSR count). The highest BCUT2D eigenvalue weighted by molar-refractivity contribution is 7.88. The summed E-state index contributed by atoms with van der Waals surface area (Å²) in [6, 6.07) is 3.00. The molecule has 5 heteroatoms. The second kappa shape index (κ2) is 3.26. The van der Waals surface area contributed by atoms with E-state index in [1.54, 1.807) is 24.4 Å². The normalized spacial score (nSPS) is 19.0. The van der Waals surface area contributed by atoms with Crippen molar-refractivity contribution in [2.24, 2.45) is 0 Å². The molecule has 14 heavy (non-hydrogen) atoms. The summed E-state index contributed by atoms with van der Waals surface area (Å²) in [6.07, 6.45) is 4.87. The molecule has 1 aliphatic rings. The van der Waals surface area contributed by atoms with Gasteiger partial charge in [0, 0.05) is 11.6 Å². The molecule has 1 N–H and O–H groups in total. The third-order valence-corrected chi connectivity index (χ3v) is 3.00. The summed E-state index contributed by atoms with van der Waals surface area (Å²) in [6.45, 7) is 0. The van der Waals surface area contributed by atoms with Crippen molar-refractivity contribution in [1.29, 1.82) is 0 Å². The van der Waals surface area contributed by atoms with E-state index in [1.807, 2.05) is 0 Å². The summed E-state index contributed by atoms with van der Waals surface area (Å²) in [5.41, 5.74) is 0.119. The number of nitrogens with zero attached hydrogens (tertiary/aromatic N) is 1. The number of hydrogen-bond donors (Lipinski definition) is 1. The van der Waals surface area contributed by atoms with E-state index in [0.29, 0.717) is 5.03 Å². The molecule has 72 valence electrons. The Hall–Kier alpha value is -1.62. The van der Waals surface area contributed by atoms with Gasteiger partial charge in [0.2, 0.25) is 0 Å². The molecule has 0 aliphatic carbocycles. The van der Waals surface area contributed by atoms with Crippen LogP contribution in [-0.2, 0) is 10.8 Å². The second-order valence-corrected chi connectivity index (χ2v) is 3.98. The van der Waals surface area contributed by atoms with Crippen molar-refractivity contribution in [2.75, 3.05) is 0 Å². The van der Waals surface area contributed by atoms with Gasteiger partial charge in [0.25, 0.3) is 0 Å². The van der Waals surface area contributed by atoms with Crippen molar-refractivity contribution in [3.63, 3.8) is 0 Å². The molecule has 2 heterocycles. The van der Waals surface area contributed by atoms with Gasteiger partial charge >= 0.3 is 5.97 Å². The summed E-state index contributed by atoms with van der Waals surface area (Å²) in [5.74, 6) is -1.03. The van der Waals surface area contributed by atoms with Crippen molar-refractivity contribution < 1.29 is 14.1 Å². The van der Waals surface area contributed by atoms with Crippen LogP contribution in [0.1, 0.15) is 10.5 Å². The molecule has 1 aromatic heterocycles. The molecule has 0 saturated carbocycles. The monoisotopic (exact) mass is 209 g/mol. The summed E-state index contributed by atoms with van der Waals surface area (Å²) >= 11 is 0. The molecule has 1 aliphatic heterocycles. The zero-order valence-corrected chi connectivity index (χ0v) is 7.90. The van der Waals surface area contributed by atoms with Crippen LogP contribution >= 0.6 is 0 Å². The molecule has 0 amide bonds. The lowest BCUT2D eigenvalue weighted by atomic mass is 10.4. The van der Waals surface area contributed by atoms with Crippen molar-refractivity contribution in [3.05, 3.63) is 35.4 Å². The predicted molar refractivity (Wildman–Crippen MR) is 52.3 cm³/mol. The maximum Gasteiger partial charge on any atom is 0.352 e. The first kappa shape index (κ1) is 8.96. The highest BCUT2D eigenvalue weighted by Gasteiger charge is 2.15. The van der Waals surface area contributed by atoms with Gasteiger partial charge in [-0.1, -0.05) is 6.08 Å². The fraction of sp³-hybridized carbons (Fsp3) is 0. The Morgan fingerprint density at radius 1 is 1.36 bits per heavy atom. The highest BCUT2D eigenvalue weighted by Crippen LogP contribution is 2.17. The van der Waals surface area contributed by atoms with E-state index in [9.17, 15) is 9.00 Å². The van der Waals surface area contributed by atoms with Crippen molar-refractivity contribution in [3.8, 4) is 0 Å². The van der Waals surface area contributed by atoms with E-state index in [4.69, 9.17) is 5.11 Å². The number of fused-ring (bicyclic) bond motifs is 1. The topological polar surface area (TPSA) is 59.3 Å². The fourth-order valence-corrected chi connectivity index (χ4v) is 2.17. The van der Waals surface area contributed by atoms with Crippen LogP contribution in [0.4, 0.5) is 0 Å². The van der Waals surface area contributed by atoms with Gasteiger partial charge in [0.15, 0.2) is 0 Å². The number of carboxylic acids is 1. The fourth-order valence-electron chi connectivity index (χ4n) is 1.24. The number of hydrogen-bond acceptors (Lipinski definition) is 2. The first-order valence-corrected chi connectivity index (χ1v) is 5.11. The van der Waals surface area contributed by atoms with Gasteiger partial charge in [0.05, 0.1) is 10.8 Å². The number of carboxylic acid groups (broad SMARTS) is 1. The average molecular weight is 209 g/mol. The molecule has 0 aromatic carbocycles. The SMILES string of the molecule is O=C(O)c1ccc2n1C=CC=CS2=O. The quantitative estimate of drug-likeness (QED) is 0.758. The molecule has 0 radical (unpaired) electrons. The lowest BCUT2D eigenvalue weighted by Gasteiger charge is -2.01. The molecule has 0 saturated heterocycles. The van der Waals surface area contributed by atoms with E-state index >= 15 is 0 Å². The van der Waals surface area contributed by atoms with E-state index in [0.717, 1.165) is 0 Å². The Labute approximate surface area is 82.6 Å². The molecule has 0 spiro atoms. The van der Waals surface area contributed by atoms with Crippen LogP contribution in [0.3, 0.4) is 0 Å². The first-order chi connectivity index (χ1) is 6.70. The molecular weight excluding hydrogens is 202 g/mol. The number of rotatable bonds is 1. The standard InChI is InChI=1S/C9H7NO3S/c11-9(12)7-3-4-8-10(7)5-1-2-6-14(8)13/h1-6H,(H,11,12). The van der Waals surface area contributed by atoms with E-state index in [1.165, 1.54) is 16.0 Å². The van der Waals surface area contributed by atoms with Gasteiger partial charge in [-0.3, -0.25) is 0 Å². The molecule has 1 aromatic rings. The lowest BCUT2D eigenvalue weighted by molar-refractivity contribution is 0.0688. The summed E-state index contributed by atoms with van der Waals surface area (Å²) in [5, 5.41) is 10.8. The molecular formula is C9H7NO3S. The van der Waals surface area contributed by atoms with Crippen LogP contribution in [-0.4, -0.2) is 19.9 Å². The van der Waals surface area contributed by atoms with Gasteiger partial charge in [-0.15, -0.1) is 0 Å². The molecule has 0 bridgehead atoms. The minimum absolute atomic E-state index is 0.119. The van der Waals surface area contributed by atoms with Gasteiger partial charge in [-0.2, -0.15) is 0 Å². The van der Waals surface area contributed by atoms with Gasteiger partial charge in [-0.05, 0) is 18.2 Å². The first-order valence-electron chi connectivity index (χ1n) is 3.90. The predicted octanol–water partition coefficient (Wildman–Crippen LogP) is 1.29. The van der Waals surface area contributed by atoms with Gasteiger partial charge in [-0.25, -0.2) is 9.00 Å². The molecule has 1 unspecified atom stereocenters. The van der Waals surface area contributed by atoms with E-state index in [-0.39, 0.29) is 5.69 Å². The van der Waals surface area contributed by atoms with Crippen molar-refractivity contribution in [2.45, 2.75) is 5.03 Å². The van der Waals surface area contributed by atoms with Crippen LogP contribution in [0.25, 0.3) is 6.20 Å². The van der Waals surface area contributed by atoms with Crippen LogP contribution in [0, 0.1) is 0 Å². The van der Waals surface area contributed by atoms with Crippen LogP contribution in [0.15, 0.2) is 34.7 Å². The van der Waals surface area contributed by atoms with Crippen LogP contribution in [0.2, 0.25) is 0 Å². The maximum atomic E-state index is 11.5. The number of allylic oxidation sites excluding steroid dienone is 2. The molecule has 0 fully saturated rings. The third kappa shape index (κ3) is 1.31. The minimum atomic E-state index is -1.27. The second-order valence-electron chi connectivity index (χ2n) is 2.70. The van der Waals surface area contributed by atoms with Gasteiger partial charge in [0.1, 0.15) is 10.7 Å². The summed E-state index contributed by atoms with van der Waals surface area (Å²) < 4.78 is 12.9.